The standard InChI is InChI=1S/C27H42O/c1-3-4-5-6-15-28-27-14-13-25-18-24(11-12-26(25)19-27)23-10-9-21-16-20(2)7-8-22(21)17-23/h7-8,16,23-27H,3-6,9-15,17-19H2,1-2H3/t23?,24?,25-,26?,27-/m1/s1. The van der Waals surface area contributed by atoms with Crippen LogP contribution in [0.25, 0.3) is 0 Å². The van der Waals surface area contributed by atoms with Crippen LogP contribution >= 0.6 is 0 Å². The molecular weight excluding hydrogens is 340 g/mol. The van der Waals surface area contributed by atoms with Crippen LogP contribution in [-0.4, -0.2) is 12.7 Å². The fourth-order valence-corrected chi connectivity index (χ4v) is 6.56. The molecule has 3 unspecified atom stereocenters. The summed E-state index contributed by atoms with van der Waals surface area (Å²) in [6.07, 6.45) is 18.6. The van der Waals surface area contributed by atoms with Crippen LogP contribution in [0.15, 0.2) is 18.2 Å². The van der Waals surface area contributed by atoms with Crippen molar-refractivity contribution in [2.45, 2.75) is 103 Å². The van der Waals surface area contributed by atoms with Crippen LogP contribution in [0.1, 0.15) is 94.2 Å². The number of rotatable bonds is 7. The van der Waals surface area contributed by atoms with E-state index in [4.69, 9.17) is 4.74 Å². The van der Waals surface area contributed by atoms with E-state index in [1.807, 2.05) is 0 Å². The summed E-state index contributed by atoms with van der Waals surface area (Å²) in [6, 6.07) is 7.18. The van der Waals surface area contributed by atoms with Crippen LogP contribution in [0.4, 0.5) is 0 Å². The Morgan fingerprint density at radius 1 is 0.821 bits per heavy atom. The van der Waals surface area contributed by atoms with Crippen LogP contribution in [0.2, 0.25) is 0 Å². The van der Waals surface area contributed by atoms with E-state index < -0.39 is 0 Å². The third-order valence-corrected chi connectivity index (χ3v) is 8.25. The minimum absolute atomic E-state index is 0.573. The fourth-order valence-electron chi connectivity index (χ4n) is 6.56. The molecule has 0 bridgehead atoms. The molecule has 0 spiro atoms. The van der Waals surface area contributed by atoms with Crippen molar-refractivity contribution in [2.75, 3.05) is 6.61 Å². The van der Waals surface area contributed by atoms with E-state index in [1.165, 1.54) is 89.0 Å². The first-order chi connectivity index (χ1) is 13.7. The van der Waals surface area contributed by atoms with Gasteiger partial charge in [0.1, 0.15) is 0 Å². The number of unbranched alkanes of at least 4 members (excludes halogenated alkanes) is 3. The Kier molecular flexibility index (Phi) is 7.15. The molecule has 1 aromatic rings. The Morgan fingerprint density at radius 3 is 2.46 bits per heavy atom. The average Bonchev–Trinajstić information content (AvgIpc) is 2.73. The normalized spacial score (nSPS) is 32.6. The van der Waals surface area contributed by atoms with Gasteiger partial charge < -0.3 is 4.74 Å². The van der Waals surface area contributed by atoms with Crippen LogP contribution in [-0.2, 0) is 17.6 Å². The number of benzene rings is 1. The summed E-state index contributed by atoms with van der Waals surface area (Å²) in [4.78, 5) is 0. The van der Waals surface area contributed by atoms with Gasteiger partial charge in [0.15, 0.2) is 0 Å². The third kappa shape index (κ3) is 5.02. The maximum absolute atomic E-state index is 6.27. The molecule has 0 heterocycles. The van der Waals surface area contributed by atoms with Crippen molar-refractivity contribution in [2.24, 2.45) is 23.7 Å². The molecule has 28 heavy (non-hydrogen) atoms. The van der Waals surface area contributed by atoms with E-state index in [0.29, 0.717) is 6.10 Å². The molecule has 5 atom stereocenters. The Morgan fingerprint density at radius 2 is 1.61 bits per heavy atom. The Bertz CT molecular complexity index is 621. The zero-order valence-corrected chi connectivity index (χ0v) is 18.4. The molecule has 0 amide bonds. The predicted octanol–water partition coefficient (Wildman–Crippen LogP) is 7.28. The number of aryl methyl sites for hydroxylation is 2. The largest absolute Gasteiger partial charge is 0.378 e. The lowest BCUT2D eigenvalue weighted by molar-refractivity contribution is -0.0250. The second-order valence-electron chi connectivity index (χ2n) is 10.2. The third-order valence-electron chi connectivity index (χ3n) is 8.25. The lowest BCUT2D eigenvalue weighted by Crippen LogP contribution is -2.37. The second kappa shape index (κ2) is 9.79. The van der Waals surface area contributed by atoms with Gasteiger partial charge in [0, 0.05) is 6.61 Å². The molecule has 0 aromatic heterocycles. The minimum Gasteiger partial charge on any atom is -0.378 e. The molecular formula is C27H42O. The fraction of sp³-hybridized carbons (Fsp3) is 0.778. The number of fused-ring (bicyclic) bond motifs is 2. The maximum Gasteiger partial charge on any atom is 0.0578 e. The number of hydrogen-bond donors (Lipinski definition) is 0. The quantitative estimate of drug-likeness (QED) is 0.450. The van der Waals surface area contributed by atoms with Crippen molar-refractivity contribution in [3.8, 4) is 0 Å². The molecule has 2 saturated carbocycles. The van der Waals surface area contributed by atoms with Crippen LogP contribution in [0.5, 0.6) is 0 Å². The zero-order chi connectivity index (χ0) is 19.3. The van der Waals surface area contributed by atoms with Crippen LogP contribution < -0.4 is 0 Å². The molecule has 0 saturated heterocycles. The van der Waals surface area contributed by atoms with Crippen molar-refractivity contribution in [3.63, 3.8) is 0 Å². The summed E-state index contributed by atoms with van der Waals surface area (Å²) in [5.41, 5.74) is 4.73. The van der Waals surface area contributed by atoms with E-state index in [9.17, 15) is 0 Å². The van der Waals surface area contributed by atoms with Gasteiger partial charge in [-0.1, -0.05) is 49.9 Å². The van der Waals surface area contributed by atoms with Gasteiger partial charge >= 0.3 is 0 Å². The van der Waals surface area contributed by atoms with E-state index >= 15 is 0 Å². The highest BCUT2D eigenvalue weighted by Gasteiger charge is 2.38. The lowest BCUT2D eigenvalue weighted by atomic mass is 9.62. The zero-order valence-electron chi connectivity index (χ0n) is 18.4. The smallest absolute Gasteiger partial charge is 0.0578 e. The molecule has 0 aliphatic heterocycles. The maximum atomic E-state index is 6.27. The SMILES string of the molecule is CCCCCCO[C@@H]1CC[C@@H]2CC(C3CCc4cc(C)ccc4C3)CCC2C1. The van der Waals surface area contributed by atoms with E-state index in [0.717, 1.165) is 30.3 Å². The van der Waals surface area contributed by atoms with Gasteiger partial charge in [-0.05, 0) is 106 Å². The highest BCUT2D eigenvalue weighted by Crippen LogP contribution is 2.47. The van der Waals surface area contributed by atoms with Crippen molar-refractivity contribution < 1.29 is 4.74 Å². The van der Waals surface area contributed by atoms with E-state index in [2.05, 4.69) is 32.0 Å². The first-order valence-electron chi connectivity index (χ1n) is 12.4. The molecule has 0 N–H and O–H groups in total. The van der Waals surface area contributed by atoms with Gasteiger partial charge in [-0.3, -0.25) is 0 Å². The summed E-state index contributed by atoms with van der Waals surface area (Å²) in [6.45, 7) is 5.52. The second-order valence-corrected chi connectivity index (χ2v) is 10.2. The van der Waals surface area contributed by atoms with Gasteiger partial charge in [-0.15, -0.1) is 0 Å². The highest BCUT2D eigenvalue weighted by molar-refractivity contribution is 5.33. The van der Waals surface area contributed by atoms with Crippen LogP contribution in [0.3, 0.4) is 0 Å². The topological polar surface area (TPSA) is 9.23 Å². The van der Waals surface area contributed by atoms with Gasteiger partial charge in [0.05, 0.1) is 6.10 Å². The molecule has 1 nitrogen and oxygen atoms in total. The molecule has 2 fully saturated rings. The highest BCUT2D eigenvalue weighted by atomic mass is 16.5. The molecule has 156 valence electrons. The summed E-state index contributed by atoms with van der Waals surface area (Å²) >= 11 is 0. The minimum atomic E-state index is 0.573. The van der Waals surface area contributed by atoms with E-state index in [1.54, 1.807) is 11.1 Å². The monoisotopic (exact) mass is 382 g/mol. The van der Waals surface area contributed by atoms with Crippen molar-refractivity contribution in [1.82, 2.24) is 0 Å². The molecule has 0 radical (unpaired) electrons. The van der Waals surface area contributed by atoms with Crippen molar-refractivity contribution >= 4 is 0 Å². The molecule has 3 aliphatic rings. The number of ether oxygens (including phenoxy) is 1. The Hall–Kier alpha value is -0.820. The van der Waals surface area contributed by atoms with Crippen molar-refractivity contribution in [3.05, 3.63) is 34.9 Å². The van der Waals surface area contributed by atoms with Crippen molar-refractivity contribution in [1.29, 1.82) is 0 Å². The number of hydrogen-bond acceptors (Lipinski definition) is 1. The Balaban J connectivity index is 1.24. The van der Waals surface area contributed by atoms with Gasteiger partial charge in [0.2, 0.25) is 0 Å². The molecule has 4 rings (SSSR count). The summed E-state index contributed by atoms with van der Waals surface area (Å²) < 4.78 is 6.27. The molecule has 1 aromatic carbocycles. The molecule has 3 aliphatic carbocycles. The van der Waals surface area contributed by atoms with Gasteiger partial charge in [-0.2, -0.15) is 0 Å². The van der Waals surface area contributed by atoms with E-state index in [-0.39, 0.29) is 0 Å². The molecule has 1 heteroatoms. The summed E-state index contributed by atoms with van der Waals surface area (Å²) in [5, 5.41) is 0. The van der Waals surface area contributed by atoms with Gasteiger partial charge in [0.25, 0.3) is 0 Å². The summed E-state index contributed by atoms with van der Waals surface area (Å²) in [5.74, 6) is 3.90. The Labute approximate surface area is 173 Å². The predicted molar refractivity (Wildman–Crippen MR) is 119 cm³/mol. The van der Waals surface area contributed by atoms with Crippen LogP contribution in [0, 0.1) is 30.6 Å². The summed E-state index contributed by atoms with van der Waals surface area (Å²) in [7, 11) is 0. The van der Waals surface area contributed by atoms with Gasteiger partial charge in [-0.25, -0.2) is 0 Å². The average molecular weight is 383 g/mol. The lowest BCUT2D eigenvalue weighted by Gasteiger charge is -2.45. The first-order valence-corrected chi connectivity index (χ1v) is 12.4. The first kappa shape index (κ1) is 20.5.